The van der Waals surface area contributed by atoms with Crippen molar-refractivity contribution < 1.29 is 37.1 Å². The lowest BCUT2D eigenvalue weighted by Gasteiger charge is -2.36. The lowest BCUT2D eigenvalue weighted by Crippen LogP contribution is -2.54. The first-order chi connectivity index (χ1) is 13.5. The molecule has 0 saturated carbocycles. The minimum absolute atomic E-state index is 0.0971. The Morgan fingerprint density at radius 3 is 2.00 bits per heavy atom. The lowest BCUT2D eigenvalue weighted by molar-refractivity contribution is -0.157. The average molecular weight is 418 g/mol. The summed E-state index contributed by atoms with van der Waals surface area (Å²) in [6.07, 6.45) is -4.58. The van der Waals surface area contributed by atoms with Crippen molar-refractivity contribution in [3.63, 3.8) is 0 Å². The quantitative estimate of drug-likeness (QED) is 0.558. The summed E-state index contributed by atoms with van der Waals surface area (Å²) in [4.78, 5) is 64.3. The van der Waals surface area contributed by atoms with E-state index in [0.717, 1.165) is 4.90 Å². The average Bonchev–Trinajstić information content (AvgIpc) is 3.16. The minimum Gasteiger partial charge on any atom is -0.339 e. The predicted octanol–water partition coefficient (Wildman–Crippen LogP) is -0.783. The Labute approximate surface area is 164 Å². The molecular formula is C17H21F3N4O5. The van der Waals surface area contributed by atoms with Gasteiger partial charge in [0.05, 0.1) is 5.92 Å². The standard InChI is InChI=1S/C17H21F3N4O5/c18-17(19,20)10-23-8-11(7-14(23)27)16(29)22-5-3-21(4-6-22)15(28)9-24-12(25)1-2-13(24)26/h11H,1-10H2. The highest BCUT2D eigenvalue weighted by molar-refractivity contribution is 6.04. The highest BCUT2D eigenvalue weighted by Crippen LogP contribution is 2.25. The number of hydrogen-bond acceptors (Lipinski definition) is 5. The van der Waals surface area contributed by atoms with E-state index in [2.05, 4.69) is 0 Å². The summed E-state index contributed by atoms with van der Waals surface area (Å²) in [5.74, 6) is -3.09. The van der Waals surface area contributed by atoms with E-state index in [4.69, 9.17) is 0 Å². The lowest BCUT2D eigenvalue weighted by atomic mass is 10.1. The molecule has 9 nitrogen and oxygen atoms in total. The van der Waals surface area contributed by atoms with Gasteiger partial charge in [-0.3, -0.25) is 28.9 Å². The monoisotopic (exact) mass is 418 g/mol. The maximum atomic E-state index is 12.6. The molecule has 3 saturated heterocycles. The van der Waals surface area contributed by atoms with Crippen LogP contribution in [0.3, 0.4) is 0 Å². The van der Waals surface area contributed by atoms with Crippen LogP contribution in [0.4, 0.5) is 13.2 Å². The molecule has 0 aromatic rings. The molecule has 0 bridgehead atoms. The molecule has 0 radical (unpaired) electrons. The predicted molar refractivity (Wildman–Crippen MR) is 89.9 cm³/mol. The number of carbonyl (C=O) groups is 5. The van der Waals surface area contributed by atoms with Gasteiger partial charge < -0.3 is 14.7 Å². The smallest absolute Gasteiger partial charge is 0.339 e. The van der Waals surface area contributed by atoms with Gasteiger partial charge in [0.15, 0.2) is 0 Å². The van der Waals surface area contributed by atoms with Gasteiger partial charge in [-0.15, -0.1) is 0 Å². The maximum Gasteiger partial charge on any atom is 0.406 e. The van der Waals surface area contributed by atoms with E-state index in [1.807, 2.05) is 0 Å². The normalized spacial score (nSPS) is 23.4. The van der Waals surface area contributed by atoms with Crippen molar-refractivity contribution in [2.24, 2.45) is 5.92 Å². The molecule has 3 aliphatic rings. The summed E-state index contributed by atoms with van der Waals surface area (Å²) in [6.45, 7) is -1.23. The van der Waals surface area contributed by atoms with E-state index in [1.54, 1.807) is 0 Å². The number of hydrogen-bond donors (Lipinski definition) is 0. The third kappa shape index (κ3) is 4.85. The van der Waals surface area contributed by atoms with Crippen LogP contribution in [0.25, 0.3) is 0 Å². The zero-order valence-electron chi connectivity index (χ0n) is 15.6. The Morgan fingerprint density at radius 2 is 1.45 bits per heavy atom. The first-order valence-electron chi connectivity index (χ1n) is 9.29. The van der Waals surface area contributed by atoms with Crippen LogP contribution in [0.5, 0.6) is 0 Å². The Morgan fingerprint density at radius 1 is 0.897 bits per heavy atom. The van der Waals surface area contributed by atoms with Gasteiger partial charge in [-0.1, -0.05) is 0 Å². The van der Waals surface area contributed by atoms with Crippen molar-refractivity contribution >= 4 is 29.5 Å². The second-order valence-corrected chi connectivity index (χ2v) is 7.37. The first-order valence-corrected chi connectivity index (χ1v) is 9.29. The molecule has 0 aromatic heterocycles. The molecule has 3 rings (SSSR count). The third-order valence-corrected chi connectivity index (χ3v) is 5.33. The van der Waals surface area contributed by atoms with E-state index in [1.165, 1.54) is 9.80 Å². The summed E-state index contributed by atoms with van der Waals surface area (Å²) < 4.78 is 37.5. The number of imide groups is 1. The molecule has 1 unspecified atom stereocenters. The van der Waals surface area contributed by atoms with Crippen LogP contribution < -0.4 is 0 Å². The summed E-state index contributed by atoms with van der Waals surface area (Å²) in [5, 5.41) is 0. The number of amides is 5. The number of rotatable bonds is 4. The van der Waals surface area contributed by atoms with Gasteiger partial charge in [-0.2, -0.15) is 13.2 Å². The van der Waals surface area contributed by atoms with Crippen LogP contribution in [-0.4, -0.2) is 101 Å². The van der Waals surface area contributed by atoms with Gasteiger partial charge in [0.25, 0.3) is 0 Å². The van der Waals surface area contributed by atoms with Gasteiger partial charge >= 0.3 is 6.18 Å². The molecule has 0 N–H and O–H groups in total. The largest absolute Gasteiger partial charge is 0.406 e. The zero-order valence-corrected chi connectivity index (χ0v) is 15.6. The van der Waals surface area contributed by atoms with E-state index in [9.17, 15) is 37.1 Å². The van der Waals surface area contributed by atoms with Crippen LogP contribution in [0.15, 0.2) is 0 Å². The Kier molecular flexibility index (Phi) is 5.80. The Balaban J connectivity index is 1.48. The van der Waals surface area contributed by atoms with Gasteiger partial charge in [0.1, 0.15) is 13.1 Å². The summed E-state index contributed by atoms with van der Waals surface area (Å²) in [5.41, 5.74) is 0. The summed E-state index contributed by atoms with van der Waals surface area (Å²) in [6, 6.07) is 0. The van der Waals surface area contributed by atoms with Crippen LogP contribution >= 0.6 is 0 Å². The van der Waals surface area contributed by atoms with Crippen molar-refractivity contribution in [3.8, 4) is 0 Å². The topological polar surface area (TPSA) is 98.3 Å². The van der Waals surface area contributed by atoms with E-state index < -0.39 is 36.4 Å². The SMILES string of the molecule is O=C(CN1C(=O)CCC1=O)N1CCN(C(=O)C2CC(=O)N(CC(F)(F)F)C2)CC1. The number of carbonyl (C=O) groups excluding carboxylic acids is 5. The number of halogens is 3. The number of nitrogens with zero attached hydrogens (tertiary/aromatic N) is 4. The third-order valence-electron chi connectivity index (χ3n) is 5.33. The van der Waals surface area contributed by atoms with Crippen LogP contribution in [0, 0.1) is 5.92 Å². The van der Waals surface area contributed by atoms with Gasteiger partial charge in [-0.05, 0) is 0 Å². The van der Waals surface area contributed by atoms with Gasteiger partial charge in [-0.25, -0.2) is 0 Å². The summed E-state index contributed by atoms with van der Waals surface area (Å²) >= 11 is 0. The Hall–Kier alpha value is -2.66. The molecule has 5 amide bonds. The first kappa shape index (κ1) is 21.1. The second-order valence-electron chi connectivity index (χ2n) is 7.37. The minimum atomic E-state index is -4.52. The molecule has 3 heterocycles. The molecule has 1 atom stereocenters. The number of likely N-dealkylation sites (tertiary alicyclic amines) is 2. The van der Waals surface area contributed by atoms with E-state index in [0.29, 0.717) is 4.90 Å². The van der Waals surface area contributed by atoms with Gasteiger partial charge in [0, 0.05) is 52.0 Å². The highest BCUT2D eigenvalue weighted by atomic mass is 19.4. The molecule has 12 heteroatoms. The molecule has 0 aliphatic carbocycles. The van der Waals surface area contributed by atoms with Crippen LogP contribution in [-0.2, 0) is 24.0 Å². The molecule has 3 aliphatic heterocycles. The fourth-order valence-electron chi connectivity index (χ4n) is 3.78. The number of alkyl halides is 3. The Bertz CT molecular complexity index is 717. The van der Waals surface area contributed by atoms with Crippen LogP contribution in [0.2, 0.25) is 0 Å². The summed E-state index contributed by atoms with van der Waals surface area (Å²) in [7, 11) is 0. The van der Waals surface area contributed by atoms with Crippen molar-refractivity contribution in [2.45, 2.75) is 25.4 Å². The van der Waals surface area contributed by atoms with Crippen LogP contribution in [0.1, 0.15) is 19.3 Å². The van der Waals surface area contributed by atoms with Crippen molar-refractivity contribution in [1.82, 2.24) is 19.6 Å². The van der Waals surface area contributed by atoms with Crippen molar-refractivity contribution in [2.75, 3.05) is 45.8 Å². The maximum absolute atomic E-state index is 12.6. The molecule has 3 fully saturated rings. The molecule has 160 valence electrons. The van der Waals surface area contributed by atoms with E-state index >= 15 is 0 Å². The van der Waals surface area contributed by atoms with E-state index in [-0.39, 0.29) is 70.3 Å². The fourth-order valence-corrected chi connectivity index (χ4v) is 3.78. The molecule has 0 spiro atoms. The number of piperazine rings is 1. The second kappa shape index (κ2) is 7.99. The molecule has 29 heavy (non-hydrogen) atoms. The highest BCUT2D eigenvalue weighted by Gasteiger charge is 2.42. The zero-order chi connectivity index (χ0) is 21.3. The van der Waals surface area contributed by atoms with Crippen molar-refractivity contribution in [3.05, 3.63) is 0 Å². The van der Waals surface area contributed by atoms with Crippen molar-refractivity contribution in [1.29, 1.82) is 0 Å². The molecular weight excluding hydrogens is 397 g/mol. The van der Waals surface area contributed by atoms with Gasteiger partial charge in [0.2, 0.25) is 29.5 Å². The molecule has 0 aromatic carbocycles. The fraction of sp³-hybridized carbons (Fsp3) is 0.706.